The van der Waals surface area contributed by atoms with Crippen LogP contribution in [0, 0.1) is 13.8 Å². The molecule has 2 rings (SSSR count). The van der Waals surface area contributed by atoms with Crippen LogP contribution in [0.15, 0.2) is 36.4 Å². The van der Waals surface area contributed by atoms with Crippen molar-refractivity contribution in [1.29, 1.82) is 0 Å². The predicted molar refractivity (Wildman–Crippen MR) is 80.6 cm³/mol. The number of nitrogens with one attached hydrogen (secondary N) is 1. The van der Waals surface area contributed by atoms with E-state index in [1.807, 2.05) is 30.3 Å². The van der Waals surface area contributed by atoms with Gasteiger partial charge in [-0.25, -0.2) is 9.78 Å². The lowest BCUT2D eigenvalue weighted by atomic mass is 10.1. The number of aromatic carboxylic acids is 1. The lowest BCUT2D eigenvalue weighted by Crippen LogP contribution is -2.19. The van der Waals surface area contributed by atoms with Crippen LogP contribution in [0.5, 0.6) is 0 Å². The number of carboxylic acids is 1. The Bertz CT molecular complexity index is 641. The molecule has 3 N–H and O–H groups in total. The smallest absolute Gasteiger partial charge is 0.339 e. The fourth-order valence-electron chi connectivity index (χ4n) is 2.30. The van der Waals surface area contributed by atoms with E-state index in [2.05, 4.69) is 10.3 Å². The van der Waals surface area contributed by atoms with Crippen molar-refractivity contribution in [2.75, 3.05) is 11.9 Å². The van der Waals surface area contributed by atoms with E-state index in [1.54, 1.807) is 19.9 Å². The fourth-order valence-corrected chi connectivity index (χ4v) is 2.30. The molecule has 0 aliphatic rings. The molecule has 0 aliphatic carbocycles. The number of anilines is 1. The van der Waals surface area contributed by atoms with Gasteiger partial charge >= 0.3 is 5.97 Å². The van der Waals surface area contributed by atoms with Gasteiger partial charge in [-0.3, -0.25) is 0 Å². The number of aliphatic hydroxyl groups excluding tert-OH is 1. The minimum absolute atomic E-state index is 0.134. The molecule has 5 heteroatoms. The Morgan fingerprint density at radius 2 is 1.95 bits per heavy atom. The highest BCUT2D eigenvalue weighted by atomic mass is 16.4. The number of benzene rings is 1. The van der Waals surface area contributed by atoms with Crippen molar-refractivity contribution in [1.82, 2.24) is 4.98 Å². The number of aryl methyl sites for hydroxylation is 2. The second-order valence-corrected chi connectivity index (χ2v) is 4.90. The number of carbonyl (C=O) groups is 1. The second-order valence-electron chi connectivity index (χ2n) is 4.90. The van der Waals surface area contributed by atoms with Gasteiger partial charge < -0.3 is 15.5 Å². The number of carboxylic acid groups (broad SMARTS) is 1. The minimum atomic E-state index is -1.03. The van der Waals surface area contributed by atoms with Crippen LogP contribution in [0.2, 0.25) is 0 Å². The highest BCUT2D eigenvalue weighted by molar-refractivity contribution is 5.94. The zero-order valence-corrected chi connectivity index (χ0v) is 12.0. The molecule has 0 aliphatic heterocycles. The van der Waals surface area contributed by atoms with E-state index in [1.165, 1.54) is 0 Å². The largest absolute Gasteiger partial charge is 0.478 e. The molecule has 0 radical (unpaired) electrons. The molecule has 5 nitrogen and oxygen atoms in total. The van der Waals surface area contributed by atoms with Crippen LogP contribution in [0.3, 0.4) is 0 Å². The van der Waals surface area contributed by atoms with E-state index >= 15 is 0 Å². The Hall–Kier alpha value is -2.40. The molecule has 0 saturated heterocycles. The summed E-state index contributed by atoms with van der Waals surface area (Å²) in [6.07, 6.45) is 0. The number of rotatable bonds is 5. The first kappa shape index (κ1) is 15.0. The van der Waals surface area contributed by atoms with Crippen LogP contribution in [-0.2, 0) is 0 Å². The number of aromatic nitrogens is 1. The van der Waals surface area contributed by atoms with Gasteiger partial charge in [0.05, 0.1) is 12.6 Å². The summed E-state index contributed by atoms with van der Waals surface area (Å²) in [5.41, 5.74) is 2.37. The zero-order chi connectivity index (χ0) is 15.4. The third-order valence-corrected chi connectivity index (χ3v) is 3.25. The van der Waals surface area contributed by atoms with E-state index in [0.717, 1.165) is 11.3 Å². The summed E-state index contributed by atoms with van der Waals surface area (Å²) in [6.45, 7) is 3.39. The van der Waals surface area contributed by atoms with E-state index in [0.29, 0.717) is 5.56 Å². The Labute approximate surface area is 123 Å². The molecule has 0 bridgehead atoms. The molecule has 1 aromatic heterocycles. The van der Waals surface area contributed by atoms with Crippen molar-refractivity contribution >= 4 is 11.8 Å². The summed E-state index contributed by atoms with van der Waals surface area (Å²) in [6, 6.07) is 10.7. The van der Waals surface area contributed by atoms with Crippen LogP contribution in [0.25, 0.3) is 0 Å². The van der Waals surface area contributed by atoms with Crippen molar-refractivity contribution in [3.63, 3.8) is 0 Å². The molecule has 0 amide bonds. The summed E-state index contributed by atoms with van der Waals surface area (Å²) in [4.78, 5) is 15.7. The predicted octanol–water partition coefficient (Wildman–Crippen LogP) is 2.54. The fraction of sp³-hybridized carbons (Fsp3) is 0.250. The van der Waals surface area contributed by atoms with Gasteiger partial charge in [0.15, 0.2) is 0 Å². The maximum Gasteiger partial charge on any atom is 0.339 e. The summed E-state index contributed by atoms with van der Waals surface area (Å²) >= 11 is 0. The minimum Gasteiger partial charge on any atom is -0.478 e. The van der Waals surface area contributed by atoms with Crippen LogP contribution in [0.1, 0.15) is 33.2 Å². The highest BCUT2D eigenvalue weighted by Gasteiger charge is 2.19. The van der Waals surface area contributed by atoms with Crippen molar-refractivity contribution in [2.24, 2.45) is 0 Å². The zero-order valence-electron chi connectivity index (χ0n) is 12.0. The number of pyridine rings is 1. The molecular weight excluding hydrogens is 268 g/mol. The average molecular weight is 286 g/mol. The van der Waals surface area contributed by atoms with Crippen LogP contribution >= 0.6 is 0 Å². The molecule has 1 atom stereocenters. The molecule has 21 heavy (non-hydrogen) atoms. The number of hydrogen-bond acceptors (Lipinski definition) is 4. The third-order valence-electron chi connectivity index (χ3n) is 3.25. The molecule has 1 unspecified atom stereocenters. The van der Waals surface area contributed by atoms with Crippen molar-refractivity contribution in [2.45, 2.75) is 19.9 Å². The van der Waals surface area contributed by atoms with Gasteiger partial charge in [-0.1, -0.05) is 30.3 Å². The molecule has 1 aromatic carbocycles. The summed E-state index contributed by atoms with van der Waals surface area (Å²) < 4.78 is 0. The number of nitrogens with zero attached hydrogens (tertiary/aromatic N) is 1. The topological polar surface area (TPSA) is 82.5 Å². The average Bonchev–Trinajstić information content (AvgIpc) is 2.44. The maximum absolute atomic E-state index is 11.4. The molecule has 110 valence electrons. The van der Waals surface area contributed by atoms with Gasteiger partial charge in [0, 0.05) is 5.69 Å². The molecule has 0 spiro atoms. The van der Waals surface area contributed by atoms with Crippen molar-refractivity contribution < 1.29 is 15.0 Å². The summed E-state index contributed by atoms with van der Waals surface area (Å²) in [5, 5.41) is 22.0. The first-order valence-corrected chi connectivity index (χ1v) is 6.66. The van der Waals surface area contributed by atoms with E-state index in [4.69, 9.17) is 0 Å². The number of aliphatic hydroxyl groups is 1. The maximum atomic E-state index is 11.4. The van der Waals surface area contributed by atoms with Gasteiger partial charge in [0.2, 0.25) is 0 Å². The highest BCUT2D eigenvalue weighted by Crippen LogP contribution is 2.24. The Morgan fingerprint density at radius 1 is 1.29 bits per heavy atom. The second kappa shape index (κ2) is 6.37. The molecule has 0 saturated carbocycles. The molecule has 0 fully saturated rings. The number of hydrogen-bond donors (Lipinski definition) is 3. The summed E-state index contributed by atoms with van der Waals surface area (Å²) in [5.74, 6) is -0.754. The first-order chi connectivity index (χ1) is 10.0. The quantitative estimate of drug-likeness (QED) is 0.787. The van der Waals surface area contributed by atoms with Gasteiger partial charge in [-0.05, 0) is 31.0 Å². The van der Waals surface area contributed by atoms with Crippen LogP contribution in [0.4, 0.5) is 5.82 Å². The monoisotopic (exact) mass is 286 g/mol. The SMILES string of the molecule is Cc1cc(C)c(C(=O)O)c(NC(CO)c2ccccc2)n1. The van der Waals surface area contributed by atoms with Crippen molar-refractivity contribution in [3.05, 3.63) is 58.8 Å². The third kappa shape index (κ3) is 3.38. The molecule has 1 heterocycles. The van der Waals surface area contributed by atoms with Crippen LogP contribution < -0.4 is 5.32 Å². The lowest BCUT2D eigenvalue weighted by molar-refractivity contribution is 0.0696. The van der Waals surface area contributed by atoms with Gasteiger partial charge in [-0.2, -0.15) is 0 Å². The van der Waals surface area contributed by atoms with Gasteiger partial charge in [0.25, 0.3) is 0 Å². The Kier molecular flexibility index (Phi) is 4.55. The standard InChI is InChI=1S/C16H18N2O3/c1-10-8-11(2)17-15(14(10)16(20)21)18-13(9-19)12-6-4-3-5-7-12/h3-8,13,19H,9H2,1-2H3,(H,17,18)(H,20,21). The molecule has 2 aromatic rings. The van der Waals surface area contributed by atoms with Gasteiger partial charge in [-0.15, -0.1) is 0 Å². The Morgan fingerprint density at radius 3 is 2.52 bits per heavy atom. The summed E-state index contributed by atoms with van der Waals surface area (Å²) in [7, 11) is 0. The van der Waals surface area contributed by atoms with E-state index in [-0.39, 0.29) is 18.0 Å². The van der Waals surface area contributed by atoms with Crippen LogP contribution in [-0.4, -0.2) is 27.8 Å². The normalized spacial score (nSPS) is 12.0. The van der Waals surface area contributed by atoms with E-state index < -0.39 is 12.0 Å². The van der Waals surface area contributed by atoms with E-state index in [9.17, 15) is 15.0 Å². The van der Waals surface area contributed by atoms with Crippen molar-refractivity contribution in [3.8, 4) is 0 Å². The Balaban J connectivity index is 2.40. The molecular formula is C16H18N2O3. The first-order valence-electron chi connectivity index (χ1n) is 6.66. The lowest BCUT2D eigenvalue weighted by Gasteiger charge is -2.19. The van der Waals surface area contributed by atoms with Gasteiger partial charge in [0.1, 0.15) is 11.4 Å².